The third-order valence-electron chi connectivity index (χ3n) is 3.06. The Morgan fingerprint density at radius 3 is 2.40 bits per heavy atom. The van der Waals surface area contributed by atoms with Gasteiger partial charge in [-0.2, -0.15) is 0 Å². The summed E-state index contributed by atoms with van der Waals surface area (Å²) in [5.41, 5.74) is 3.42. The number of aryl methyl sites for hydroxylation is 1. The maximum atomic E-state index is 4.70. The van der Waals surface area contributed by atoms with Gasteiger partial charge in [0.2, 0.25) is 0 Å². The van der Waals surface area contributed by atoms with E-state index in [4.69, 9.17) is 4.98 Å². The maximum Gasteiger partial charge on any atom is 0.161 e. The van der Waals surface area contributed by atoms with Gasteiger partial charge in [-0.1, -0.05) is 43.7 Å². The number of hydrogen-bond donors (Lipinski definition) is 1. The Balaban J connectivity index is 2.40. The molecule has 0 amide bonds. The second-order valence-corrected chi connectivity index (χ2v) is 5.56. The molecule has 2 rings (SSSR count). The van der Waals surface area contributed by atoms with Crippen LogP contribution in [0.15, 0.2) is 30.3 Å². The highest BCUT2D eigenvalue weighted by Gasteiger charge is 2.08. The number of aromatic nitrogens is 2. The van der Waals surface area contributed by atoms with Crippen molar-refractivity contribution in [3.63, 3.8) is 0 Å². The van der Waals surface area contributed by atoms with Gasteiger partial charge in [-0.15, -0.1) is 0 Å². The Kier molecular flexibility index (Phi) is 4.72. The molecule has 0 saturated carbocycles. The minimum Gasteiger partial charge on any atom is -0.370 e. The highest BCUT2D eigenvalue weighted by atomic mass is 15.0. The fraction of sp³-hybridized carbons (Fsp3) is 0.412. The summed E-state index contributed by atoms with van der Waals surface area (Å²) in [6.45, 7) is 9.45. The van der Waals surface area contributed by atoms with E-state index in [2.05, 4.69) is 68.3 Å². The summed E-state index contributed by atoms with van der Waals surface area (Å²) in [7, 11) is 0. The molecule has 3 nitrogen and oxygen atoms in total. The van der Waals surface area contributed by atoms with E-state index in [0.29, 0.717) is 5.92 Å². The zero-order valence-corrected chi connectivity index (χ0v) is 12.8. The molecule has 1 aromatic carbocycles. The fourth-order valence-electron chi connectivity index (χ4n) is 2.12. The molecule has 0 spiro atoms. The number of nitrogens with zero attached hydrogens (tertiary/aromatic N) is 2. The molecule has 1 heterocycles. The molecule has 0 aliphatic carbocycles. The van der Waals surface area contributed by atoms with Crippen molar-refractivity contribution in [2.45, 2.75) is 34.1 Å². The summed E-state index contributed by atoms with van der Waals surface area (Å²) in [6, 6.07) is 10.4. The van der Waals surface area contributed by atoms with E-state index in [-0.39, 0.29) is 0 Å². The van der Waals surface area contributed by atoms with Crippen LogP contribution in [0.4, 0.5) is 5.82 Å². The minimum atomic E-state index is 0.588. The van der Waals surface area contributed by atoms with Crippen molar-refractivity contribution in [1.29, 1.82) is 0 Å². The van der Waals surface area contributed by atoms with Gasteiger partial charge >= 0.3 is 0 Å². The van der Waals surface area contributed by atoms with E-state index in [0.717, 1.165) is 35.9 Å². The lowest BCUT2D eigenvalue weighted by atomic mass is 10.1. The van der Waals surface area contributed by atoms with Gasteiger partial charge in [0.25, 0.3) is 0 Å². The van der Waals surface area contributed by atoms with Crippen LogP contribution in [0.2, 0.25) is 0 Å². The molecule has 1 N–H and O–H groups in total. The van der Waals surface area contributed by atoms with Crippen LogP contribution in [-0.2, 0) is 6.42 Å². The van der Waals surface area contributed by atoms with Crippen molar-refractivity contribution in [3.05, 3.63) is 41.6 Å². The number of hydrogen-bond acceptors (Lipinski definition) is 3. The number of nitrogens with one attached hydrogen (secondary N) is 1. The molecule has 2 aromatic rings. The molecule has 0 saturated heterocycles. The van der Waals surface area contributed by atoms with Gasteiger partial charge in [0.15, 0.2) is 5.82 Å². The topological polar surface area (TPSA) is 37.8 Å². The van der Waals surface area contributed by atoms with Gasteiger partial charge in [-0.3, -0.25) is 0 Å². The summed E-state index contributed by atoms with van der Waals surface area (Å²) in [4.78, 5) is 9.31. The van der Waals surface area contributed by atoms with Crippen molar-refractivity contribution in [2.24, 2.45) is 5.92 Å². The Labute approximate surface area is 121 Å². The van der Waals surface area contributed by atoms with Crippen molar-refractivity contribution in [1.82, 2.24) is 9.97 Å². The van der Waals surface area contributed by atoms with Gasteiger partial charge in [0.1, 0.15) is 5.82 Å². The Morgan fingerprint density at radius 1 is 1.10 bits per heavy atom. The molecular weight excluding hydrogens is 246 g/mol. The maximum absolute atomic E-state index is 4.70. The van der Waals surface area contributed by atoms with Gasteiger partial charge in [0, 0.05) is 23.9 Å². The van der Waals surface area contributed by atoms with Crippen molar-refractivity contribution >= 4 is 5.82 Å². The zero-order valence-electron chi connectivity index (χ0n) is 12.8. The van der Waals surface area contributed by atoms with E-state index in [1.165, 1.54) is 5.56 Å². The second-order valence-electron chi connectivity index (χ2n) is 5.56. The third-order valence-corrected chi connectivity index (χ3v) is 3.06. The number of anilines is 1. The second kappa shape index (κ2) is 6.51. The molecule has 0 aliphatic heterocycles. The predicted molar refractivity (Wildman–Crippen MR) is 84.9 cm³/mol. The molecule has 0 atom stereocenters. The lowest BCUT2D eigenvalue weighted by molar-refractivity contribution is 0.635. The van der Waals surface area contributed by atoms with Gasteiger partial charge in [0.05, 0.1) is 0 Å². The summed E-state index contributed by atoms with van der Waals surface area (Å²) >= 11 is 0. The van der Waals surface area contributed by atoms with Gasteiger partial charge in [-0.05, 0) is 26.2 Å². The summed E-state index contributed by atoms with van der Waals surface area (Å²) in [5.74, 6) is 2.30. The van der Waals surface area contributed by atoms with Crippen molar-refractivity contribution in [2.75, 3.05) is 11.9 Å². The molecule has 106 valence electrons. The Hall–Kier alpha value is -1.90. The Morgan fingerprint density at radius 2 is 1.80 bits per heavy atom. The summed E-state index contributed by atoms with van der Waals surface area (Å²) < 4.78 is 0. The fourth-order valence-corrected chi connectivity index (χ4v) is 2.12. The van der Waals surface area contributed by atoms with Crippen LogP contribution in [0.25, 0.3) is 11.4 Å². The van der Waals surface area contributed by atoms with Crippen LogP contribution in [0.5, 0.6) is 0 Å². The van der Waals surface area contributed by atoms with Crippen LogP contribution in [-0.4, -0.2) is 16.5 Å². The highest BCUT2D eigenvalue weighted by molar-refractivity contribution is 5.58. The largest absolute Gasteiger partial charge is 0.370 e. The number of rotatable bonds is 5. The van der Waals surface area contributed by atoms with Crippen molar-refractivity contribution in [3.8, 4) is 11.4 Å². The Bertz CT molecular complexity index is 559. The van der Waals surface area contributed by atoms with E-state index >= 15 is 0 Å². The summed E-state index contributed by atoms with van der Waals surface area (Å²) in [5, 5.41) is 3.29. The first-order valence-electron chi connectivity index (χ1n) is 7.27. The van der Waals surface area contributed by atoms with Gasteiger partial charge in [-0.25, -0.2) is 9.97 Å². The third kappa shape index (κ3) is 3.80. The van der Waals surface area contributed by atoms with E-state index in [1.54, 1.807) is 0 Å². The minimum absolute atomic E-state index is 0.588. The average molecular weight is 269 g/mol. The van der Waals surface area contributed by atoms with Crippen LogP contribution in [0.3, 0.4) is 0 Å². The van der Waals surface area contributed by atoms with Crippen LogP contribution in [0.1, 0.15) is 32.0 Å². The molecule has 0 radical (unpaired) electrons. The predicted octanol–water partition coefficient (Wildman–Crippen LogP) is 4.08. The molecule has 3 heteroatoms. The van der Waals surface area contributed by atoms with E-state index in [9.17, 15) is 0 Å². The first-order valence-corrected chi connectivity index (χ1v) is 7.27. The SMILES string of the molecule is CCNc1cc(CC(C)C)nc(-c2ccc(C)cc2)n1. The quantitative estimate of drug-likeness (QED) is 0.888. The average Bonchev–Trinajstić information content (AvgIpc) is 2.38. The molecule has 0 bridgehead atoms. The van der Waals surface area contributed by atoms with Crippen LogP contribution in [0, 0.1) is 12.8 Å². The number of benzene rings is 1. The van der Waals surface area contributed by atoms with E-state index in [1.807, 2.05) is 0 Å². The van der Waals surface area contributed by atoms with Crippen LogP contribution < -0.4 is 5.32 Å². The van der Waals surface area contributed by atoms with Gasteiger partial charge < -0.3 is 5.32 Å². The lowest BCUT2D eigenvalue weighted by Crippen LogP contribution is -2.06. The summed E-state index contributed by atoms with van der Waals surface area (Å²) in [6.07, 6.45) is 0.972. The highest BCUT2D eigenvalue weighted by Crippen LogP contribution is 2.20. The molecule has 0 unspecified atom stereocenters. The monoisotopic (exact) mass is 269 g/mol. The van der Waals surface area contributed by atoms with E-state index < -0.39 is 0 Å². The van der Waals surface area contributed by atoms with Crippen LogP contribution >= 0.6 is 0 Å². The molecular formula is C17H23N3. The normalized spacial score (nSPS) is 10.8. The molecule has 1 aromatic heterocycles. The molecule has 20 heavy (non-hydrogen) atoms. The first kappa shape index (κ1) is 14.5. The van der Waals surface area contributed by atoms with Crippen molar-refractivity contribution < 1.29 is 0 Å². The first-order chi connectivity index (χ1) is 9.58. The zero-order chi connectivity index (χ0) is 14.5. The molecule has 0 aliphatic rings. The smallest absolute Gasteiger partial charge is 0.161 e. The molecule has 0 fully saturated rings. The standard InChI is InChI=1S/C17H23N3/c1-5-18-16-11-15(10-12(2)3)19-17(20-16)14-8-6-13(4)7-9-14/h6-9,11-12H,5,10H2,1-4H3,(H,18,19,20). The lowest BCUT2D eigenvalue weighted by Gasteiger charge is -2.10.